The molecule has 2 atom stereocenters. The van der Waals surface area contributed by atoms with E-state index in [4.69, 9.17) is 15.2 Å². The maximum Gasteiger partial charge on any atom is 0.408 e. The van der Waals surface area contributed by atoms with Gasteiger partial charge in [-0.3, -0.25) is 19.3 Å². The van der Waals surface area contributed by atoms with Gasteiger partial charge in [0, 0.05) is 23.9 Å². The molecule has 6 rings (SSSR count). The van der Waals surface area contributed by atoms with Crippen LogP contribution in [0.4, 0.5) is 10.5 Å². The number of ether oxygens (including phenoxy) is 2. The number of hydrogen-bond acceptors (Lipinski definition) is 8. The molecule has 1 aromatic heterocycles. The third-order valence-corrected chi connectivity index (χ3v) is 9.56. The van der Waals surface area contributed by atoms with Crippen LogP contribution in [0.15, 0.2) is 108 Å². The van der Waals surface area contributed by atoms with Gasteiger partial charge in [-0.2, -0.15) is 4.57 Å². The zero-order chi connectivity index (χ0) is 35.6. The summed E-state index contributed by atoms with van der Waals surface area (Å²) in [5.41, 5.74) is 7.61. The SMILES string of the molecule is CC(C)(C)OC(=O)NC1C(=O)N2C(C(=O)OC(c3ccccc3)c3ccccc3)=C(C=C3CCN(c4ccc[n+](CC(N)=O)c4)C3=O)CSC12.[Br-]. The Balaban J connectivity index is 0.00000504. The third kappa shape index (κ3) is 8.34. The van der Waals surface area contributed by atoms with Gasteiger partial charge in [0.25, 0.3) is 17.7 Å². The number of nitrogens with zero attached hydrogens (tertiary/aromatic N) is 3. The Morgan fingerprint density at radius 1 is 1.02 bits per heavy atom. The number of thioether (sulfide) groups is 1. The lowest BCUT2D eigenvalue weighted by molar-refractivity contribution is -0.683. The fraction of sp³-hybridized carbons (Fsp3) is 0.297. The van der Waals surface area contributed by atoms with Crippen molar-refractivity contribution in [1.29, 1.82) is 0 Å². The molecule has 3 N–H and O–H groups in total. The van der Waals surface area contributed by atoms with Gasteiger partial charge in [0.05, 0.1) is 0 Å². The second kappa shape index (κ2) is 15.5. The number of esters is 1. The van der Waals surface area contributed by atoms with Gasteiger partial charge in [-0.05, 0) is 56.0 Å². The quantitative estimate of drug-likeness (QED) is 0.138. The number of alkyl carbamates (subject to hydrolysis) is 1. The number of carbonyl (C=O) groups excluding carboxylic acids is 5. The number of benzene rings is 2. The predicted octanol–water partition coefficient (Wildman–Crippen LogP) is 0.522. The van der Waals surface area contributed by atoms with E-state index >= 15 is 0 Å². The molecule has 51 heavy (non-hydrogen) atoms. The standard InChI is InChI=1S/C37H37N5O7S.BrH/c1-37(2,3)49-36(47)39-29-33(45)42-30(35(46)48-31(23-11-6-4-7-12-23)24-13-8-5-9-14-24)26(22-50-34(29)42)19-25-16-18-41(32(25)44)27-15-10-17-40(20-27)21-28(38)43;/h4-15,17,19-20,29,31,34H,16,18,21-22H2,1-3H3,(H2-,38,39,43,47);1H. The highest BCUT2D eigenvalue weighted by atomic mass is 79.9. The lowest BCUT2D eigenvalue weighted by atomic mass is 10.00. The molecule has 3 aromatic rings. The molecule has 12 nitrogen and oxygen atoms in total. The monoisotopic (exact) mass is 775 g/mol. The second-order valence-electron chi connectivity index (χ2n) is 13.1. The fourth-order valence-electron chi connectivity index (χ4n) is 6.08. The summed E-state index contributed by atoms with van der Waals surface area (Å²) in [6, 6.07) is 21.2. The zero-order valence-corrected chi connectivity index (χ0v) is 30.7. The van der Waals surface area contributed by atoms with Crippen molar-refractivity contribution in [2.75, 3.05) is 17.2 Å². The third-order valence-electron chi connectivity index (χ3n) is 8.26. The van der Waals surface area contributed by atoms with Gasteiger partial charge >= 0.3 is 12.1 Å². The molecular formula is C37H38BrN5O7S. The van der Waals surface area contributed by atoms with E-state index in [1.165, 1.54) is 16.7 Å². The molecule has 266 valence electrons. The fourth-order valence-corrected chi connectivity index (χ4v) is 7.38. The Kier molecular flexibility index (Phi) is 11.4. The number of β-lactam (4-membered cyclic amide) rings is 1. The molecule has 2 unspecified atom stereocenters. The topological polar surface area (TPSA) is 152 Å². The molecule has 4 amide bonds. The summed E-state index contributed by atoms with van der Waals surface area (Å²) >= 11 is 1.37. The summed E-state index contributed by atoms with van der Waals surface area (Å²) < 4.78 is 13.2. The van der Waals surface area contributed by atoms with E-state index in [1.807, 2.05) is 60.7 Å². The normalized spacial score (nSPS) is 19.3. The minimum atomic E-state index is -0.917. The molecule has 0 spiro atoms. The van der Waals surface area contributed by atoms with Crippen molar-refractivity contribution in [1.82, 2.24) is 10.2 Å². The van der Waals surface area contributed by atoms with Crippen molar-refractivity contribution < 1.29 is 55.0 Å². The van der Waals surface area contributed by atoms with Crippen LogP contribution in [0.2, 0.25) is 0 Å². The number of halogens is 1. The first kappa shape index (κ1) is 37.3. The van der Waals surface area contributed by atoms with E-state index in [1.54, 1.807) is 60.8 Å². The first-order valence-corrected chi connectivity index (χ1v) is 17.2. The smallest absolute Gasteiger partial charge is 0.408 e. The maximum absolute atomic E-state index is 14.3. The number of amides is 4. The van der Waals surface area contributed by atoms with Gasteiger partial charge in [0.1, 0.15) is 28.4 Å². The van der Waals surface area contributed by atoms with E-state index in [2.05, 4.69) is 5.32 Å². The van der Waals surface area contributed by atoms with Crippen LogP contribution in [-0.2, 0) is 35.2 Å². The zero-order valence-electron chi connectivity index (χ0n) is 28.3. The molecule has 2 saturated heterocycles. The Bertz CT molecular complexity index is 1860. The molecule has 0 saturated carbocycles. The Morgan fingerprint density at radius 3 is 2.27 bits per heavy atom. The van der Waals surface area contributed by atoms with E-state index < -0.39 is 47.0 Å². The van der Waals surface area contributed by atoms with E-state index in [0.29, 0.717) is 29.8 Å². The van der Waals surface area contributed by atoms with Crippen LogP contribution in [0.3, 0.4) is 0 Å². The first-order chi connectivity index (χ1) is 23.9. The highest BCUT2D eigenvalue weighted by molar-refractivity contribution is 8.00. The predicted molar refractivity (Wildman–Crippen MR) is 185 cm³/mol. The van der Waals surface area contributed by atoms with Crippen LogP contribution in [0.25, 0.3) is 0 Å². The number of pyridine rings is 1. The number of fused-ring (bicyclic) bond motifs is 1. The van der Waals surface area contributed by atoms with Crippen molar-refractivity contribution >= 4 is 47.2 Å². The molecule has 14 heteroatoms. The number of nitrogens with two attached hydrogens (primary N) is 1. The van der Waals surface area contributed by atoms with Crippen LogP contribution < -0.4 is 37.5 Å². The average Bonchev–Trinajstić information content (AvgIpc) is 3.44. The summed E-state index contributed by atoms with van der Waals surface area (Å²) in [6.45, 7) is 5.53. The molecule has 4 heterocycles. The number of anilines is 1. The van der Waals surface area contributed by atoms with E-state index in [9.17, 15) is 24.0 Å². The van der Waals surface area contributed by atoms with Crippen LogP contribution in [0.1, 0.15) is 44.4 Å². The molecule has 2 aromatic carbocycles. The van der Waals surface area contributed by atoms with Gasteiger partial charge in [-0.15, -0.1) is 11.8 Å². The maximum atomic E-state index is 14.3. The number of hydrogen-bond donors (Lipinski definition) is 2. The van der Waals surface area contributed by atoms with E-state index in [-0.39, 0.29) is 40.9 Å². The Labute approximate surface area is 310 Å². The highest BCUT2D eigenvalue weighted by Gasteiger charge is 2.55. The molecule has 0 aliphatic carbocycles. The molecule has 0 radical (unpaired) electrons. The number of rotatable bonds is 9. The van der Waals surface area contributed by atoms with Crippen molar-refractivity contribution in [2.45, 2.75) is 56.9 Å². The lowest BCUT2D eigenvalue weighted by Gasteiger charge is -2.49. The van der Waals surface area contributed by atoms with Crippen molar-refractivity contribution in [3.63, 3.8) is 0 Å². The van der Waals surface area contributed by atoms with Crippen molar-refractivity contribution in [3.8, 4) is 0 Å². The van der Waals surface area contributed by atoms with Gasteiger partial charge in [-0.1, -0.05) is 60.7 Å². The van der Waals surface area contributed by atoms with Crippen LogP contribution in [0, 0.1) is 0 Å². The second-order valence-corrected chi connectivity index (χ2v) is 14.2. The largest absolute Gasteiger partial charge is 1.00 e. The summed E-state index contributed by atoms with van der Waals surface area (Å²) in [6.07, 6.45) is 3.91. The summed E-state index contributed by atoms with van der Waals surface area (Å²) in [5, 5.41) is 2.06. The molecule has 3 aliphatic rings. The Morgan fingerprint density at radius 2 is 1.67 bits per heavy atom. The number of primary amides is 1. The lowest BCUT2D eigenvalue weighted by Crippen LogP contribution is -3.00. The van der Waals surface area contributed by atoms with Crippen LogP contribution >= 0.6 is 11.8 Å². The molecule has 3 aliphatic heterocycles. The van der Waals surface area contributed by atoms with Crippen molar-refractivity contribution in [2.24, 2.45) is 5.73 Å². The van der Waals surface area contributed by atoms with E-state index in [0.717, 1.165) is 11.1 Å². The number of allylic oxidation sites excluding steroid dienone is 1. The van der Waals surface area contributed by atoms with Gasteiger partial charge in [0.15, 0.2) is 18.5 Å². The van der Waals surface area contributed by atoms with Gasteiger partial charge in [-0.25, -0.2) is 9.59 Å². The summed E-state index contributed by atoms with van der Waals surface area (Å²) in [5.74, 6) is -1.73. The first-order valence-electron chi connectivity index (χ1n) is 16.2. The molecule has 2 fully saturated rings. The number of carbonyl (C=O) groups is 5. The van der Waals surface area contributed by atoms with Crippen molar-refractivity contribution in [3.05, 3.63) is 119 Å². The summed E-state index contributed by atoms with van der Waals surface area (Å²) in [7, 11) is 0. The van der Waals surface area contributed by atoms with Crippen LogP contribution in [0.5, 0.6) is 0 Å². The minimum Gasteiger partial charge on any atom is -1.00 e. The average molecular weight is 777 g/mol. The molecule has 0 bridgehead atoms. The number of nitrogens with one attached hydrogen (secondary N) is 1. The molecular weight excluding hydrogens is 738 g/mol. The van der Waals surface area contributed by atoms with Gasteiger partial charge in [0.2, 0.25) is 6.54 Å². The Hall–Kier alpha value is -4.95. The highest BCUT2D eigenvalue weighted by Crippen LogP contribution is 2.43. The summed E-state index contributed by atoms with van der Waals surface area (Å²) in [4.78, 5) is 68.8. The minimum absolute atomic E-state index is 0. The van der Waals surface area contributed by atoms with Gasteiger partial charge < -0.3 is 42.4 Å². The van der Waals surface area contributed by atoms with Crippen LogP contribution in [-0.4, -0.2) is 64.0 Å². The number of aromatic nitrogens is 1.